The second-order valence-corrected chi connectivity index (χ2v) is 9.75. The summed E-state index contributed by atoms with van der Waals surface area (Å²) in [5.41, 5.74) is 7.81. The Morgan fingerprint density at radius 1 is 1.21 bits per heavy atom. The number of nitrogens with zero attached hydrogens (tertiary/aromatic N) is 2. The number of nitrogens with two attached hydrogens (primary N) is 1. The molecule has 2 aliphatic carbocycles. The molecular weight excluding hydrogens is 443 g/mol. The van der Waals surface area contributed by atoms with Crippen molar-refractivity contribution in [3.8, 4) is 0 Å². The summed E-state index contributed by atoms with van der Waals surface area (Å²) in [6.07, 6.45) is 3.10. The van der Waals surface area contributed by atoms with Crippen LogP contribution in [0, 0.1) is 17.7 Å². The molecule has 2 unspecified atom stereocenters. The quantitative estimate of drug-likeness (QED) is 0.510. The number of hydrogen-bond donors (Lipinski definition) is 3. The van der Waals surface area contributed by atoms with E-state index in [0.717, 1.165) is 18.4 Å². The van der Waals surface area contributed by atoms with Gasteiger partial charge in [0, 0.05) is 18.7 Å². The Morgan fingerprint density at radius 2 is 1.88 bits per heavy atom. The van der Waals surface area contributed by atoms with Crippen molar-refractivity contribution >= 4 is 29.0 Å². The molecule has 4 N–H and O–H groups in total. The molecule has 0 bridgehead atoms. The summed E-state index contributed by atoms with van der Waals surface area (Å²) in [5, 5.41) is 18.6. The molecule has 0 radical (unpaired) electrons. The Kier molecular flexibility index (Phi) is 5.41. The highest BCUT2D eigenvalue weighted by Gasteiger charge is 2.50. The number of aryl methyl sites for hydroxylation is 1. The minimum absolute atomic E-state index is 0.0679. The number of amides is 1. The lowest BCUT2D eigenvalue weighted by molar-refractivity contribution is 0.0344. The maximum atomic E-state index is 13.5. The number of nitrogen functional groups attached to an aromatic ring is 1. The van der Waals surface area contributed by atoms with Crippen LogP contribution in [0.1, 0.15) is 53.2 Å². The Morgan fingerprint density at radius 3 is 2.52 bits per heavy atom. The smallest absolute Gasteiger partial charge is 0.261 e. The first-order chi connectivity index (χ1) is 15.7. The zero-order chi connectivity index (χ0) is 23.3. The van der Waals surface area contributed by atoms with Crippen LogP contribution in [0.2, 0.25) is 5.02 Å². The van der Waals surface area contributed by atoms with E-state index in [2.05, 4.69) is 10.4 Å². The van der Waals surface area contributed by atoms with Crippen LogP contribution in [0.25, 0.3) is 0 Å². The molecule has 3 aromatic rings. The van der Waals surface area contributed by atoms with Crippen LogP contribution in [-0.2, 0) is 12.6 Å². The van der Waals surface area contributed by atoms with Crippen LogP contribution < -0.4 is 11.1 Å². The molecule has 6 nitrogen and oxygen atoms in total. The molecule has 1 heterocycles. The van der Waals surface area contributed by atoms with Crippen LogP contribution in [0.5, 0.6) is 0 Å². The molecule has 0 saturated heterocycles. The van der Waals surface area contributed by atoms with E-state index in [1.165, 1.54) is 22.9 Å². The first-order valence-electron chi connectivity index (χ1n) is 11.1. The summed E-state index contributed by atoms with van der Waals surface area (Å²) in [4.78, 5) is 13.1. The zero-order valence-electron chi connectivity index (χ0n) is 18.3. The summed E-state index contributed by atoms with van der Waals surface area (Å²) in [6, 6.07) is 13.9. The summed E-state index contributed by atoms with van der Waals surface area (Å²) >= 11 is 5.85. The minimum Gasteiger partial charge on any atom is -0.385 e. The van der Waals surface area contributed by atoms with Gasteiger partial charge in [0.25, 0.3) is 5.91 Å². The molecule has 1 aromatic heterocycles. The molecule has 0 spiro atoms. The normalized spacial score (nSPS) is 26.4. The van der Waals surface area contributed by atoms with Crippen molar-refractivity contribution in [2.75, 3.05) is 11.1 Å². The van der Waals surface area contributed by atoms with E-state index in [9.17, 15) is 14.3 Å². The topological polar surface area (TPSA) is 93.2 Å². The molecule has 2 aromatic carbocycles. The van der Waals surface area contributed by atoms with Crippen LogP contribution >= 0.6 is 11.6 Å². The van der Waals surface area contributed by atoms with E-state index in [0.29, 0.717) is 41.6 Å². The number of aromatic nitrogens is 2. The maximum absolute atomic E-state index is 13.5. The van der Waals surface area contributed by atoms with Crippen LogP contribution in [0.4, 0.5) is 15.9 Å². The molecule has 2 fully saturated rings. The van der Waals surface area contributed by atoms with Crippen molar-refractivity contribution in [2.24, 2.45) is 18.9 Å². The fourth-order valence-electron chi connectivity index (χ4n) is 5.71. The summed E-state index contributed by atoms with van der Waals surface area (Å²) < 4.78 is 15.0. The SMILES string of the molecule is Cn1nc(C2CC3CC(O)(c4ccccc4)CC3C2)c(C(=O)Nc2ccc(F)c(Cl)c2)c1N. The zero-order valence-corrected chi connectivity index (χ0v) is 19.0. The predicted octanol–water partition coefficient (Wildman–Crippen LogP) is 4.84. The highest BCUT2D eigenvalue weighted by molar-refractivity contribution is 6.31. The second-order valence-electron chi connectivity index (χ2n) is 9.35. The third kappa shape index (κ3) is 3.89. The molecule has 172 valence electrons. The lowest BCUT2D eigenvalue weighted by Gasteiger charge is -2.25. The number of halogens is 2. The Labute approximate surface area is 196 Å². The molecule has 5 rings (SSSR count). The number of benzene rings is 2. The summed E-state index contributed by atoms with van der Waals surface area (Å²) in [7, 11) is 1.72. The molecule has 1 amide bonds. The lowest BCUT2D eigenvalue weighted by atomic mass is 9.87. The van der Waals surface area contributed by atoms with E-state index < -0.39 is 17.3 Å². The molecule has 2 aliphatic rings. The number of anilines is 2. The summed E-state index contributed by atoms with van der Waals surface area (Å²) in [6.45, 7) is 0. The van der Waals surface area contributed by atoms with Gasteiger partial charge in [-0.25, -0.2) is 4.39 Å². The average Bonchev–Trinajstić information content (AvgIpc) is 3.41. The van der Waals surface area contributed by atoms with Crippen molar-refractivity contribution in [3.63, 3.8) is 0 Å². The van der Waals surface area contributed by atoms with Crippen LogP contribution in [0.15, 0.2) is 48.5 Å². The van der Waals surface area contributed by atoms with Gasteiger partial charge in [-0.15, -0.1) is 0 Å². The molecule has 33 heavy (non-hydrogen) atoms. The molecular formula is C25H26ClFN4O2. The van der Waals surface area contributed by atoms with E-state index in [1.807, 2.05) is 30.3 Å². The van der Waals surface area contributed by atoms with Gasteiger partial charge in [0.2, 0.25) is 0 Å². The number of aliphatic hydroxyl groups is 1. The Balaban J connectivity index is 1.36. The summed E-state index contributed by atoms with van der Waals surface area (Å²) in [5.74, 6) is 0.140. The maximum Gasteiger partial charge on any atom is 0.261 e. The second kappa shape index (κ2) is 8.15. The number of carbonyl (C=O) groups excluding carboxylic acids is 1. The number of rotatable bonds is 4. The van der Waals surface area contributed by atoms with Crippen molar-refractivity contribution in [1.82, 2.24) is 9.78 Å². The van der Waals surface area contributed by atoms with Gasteiger partial charge in [-0.1, -0.05) is 41.9 Å². The highest BCUT2D eigenvalue weighted by Crippen LogP contribution is 2.57. The van der Waals surface area contributed by atoms with Gasteiger partial charge >= 0.3 is 0 Å². The van der Waals surface area contributed by atoms with Gasteiger partial charge < -0.3 is 16.2 Å². The van der Waals surface area contributed by atoms with Crippen LogP contribution in [0.3, 0.4) is 0 Å². The van der Waals surface area contributed by atoms with Crippen molar-refractivity contribution in [3.05, 3.63) is 76.2 Å². The first-order valence-corrected chi connectivity index (χ1v) is 11.5. The van der Waals surface area contributed by atoms with Gasteiger partial charge in [0.05, 0.1) is 16.3 Å². The third-order valence-electron chi connectivity index (χ3n) is 7.26. The fourth-order valence-corrected chi connectivity index (χ4v) is 5.90. The first kappa shape index (κ1) is 21.9. The molecule has 2 atom stereocenters. The van der Waals surface area contributed by atoms with E-state index in [4.69, 9.17) is 17.3 Å². The third-order valence-corrected chi connectivity index (χ3v) is 7.55. The van der Waals surface area contributed by atoms with Crippen molar-refractivity contribution < 1.29 is 14.3 Å². The molecule has 0 aliphatic heterocycles. The van der Waals surface area contributed by atoms with Gasteiger partial charge in [0.1, 0.15) is 17.2 Å². The number of carbonyl (C=O) groups is 1. The monoisotopic (exact) mass is 468 g/mol. The minimum atomic E-state index is -0.799. The number of nitrogens with one attached hydrogen (secondary N) is 1. The highest BCUT2D eigenvalue weighted by atomic mass is 35.5. The van der Waals surface area contributed by atoms with E-state index in [1.54, 1.807) is 7.05 Å². The van der Waals surface area contributed by atoms with Gasteiger partial charge in [0.15, 0.2) is 0 Å². The van der Waals surface area contributed by atoms with Crippen molar-refractivity contribution in [1.29, 1.82) is 0 Å². The van der Waals surface area contributed by atoms with Crippen LogP contribution in [-0.4, -0.2) is 20.8 Å². The largest absolute Gasteiger partial charge is 0.385 e. The predicted molar refractivity (Wildman–Crippen MR) is 126 cm³/mol. The van der Waals surface area contributed by atoms with E-state index >= 15 is 0 Å². The van der Waals surface area contributed by atoms with Gasteiger partial charge in [-0.2, -0.15) is 5.10 Å². The lowest BCUT2D eigenvalue weighted by Crippen LogP contribution is -2.23. The van der Waals surface area contributed by atoms with Gasteiger partial charge in [-0.3, -0.25) is 9.48 Å². The van der Waals surface area contributed by atoms with E-state index in [-0.39, 0.29) is 16.8 Å². The molecule has 8 heteroatoms. The standard InChI is InChI=1S/C25H26ClFN4O2/c1-31-23(28)21(24(32)29-18-7-8-20(27)19(26)11-18)22(30-31)14-9-15-12-25(33,13-16(15)10-14)17-5-3-2-4-6-17/h2-8,11,14-16,33H,9-10,12-13,28H2,1H3,(H,29,32). The number of fused-ring (bicyclic) bond motifs is 1. The Bertz CT molecular complexity index is 1200. The van der Waals surface area contributed by atoms with Gasteiger partial charge in [-0.05, 0) is 61.3 Å². The Hall–Kier alpha value is -2.90. The van der Waals surface area contributed by atoms with Crippen molar-refractivity contribution in [2.45, 2.75) is 37.2 Å². The number of hydrogen-bond acceptors (Lipinski definition) is 4. The average molecular weight is 469 g/mol. The fraction of sp³-hybridized carbons (Fsp3) is 0.360. The molecule has 2 saturated carbocycles.